The molecule has 27 heavy (non-hydrogen) atoms. The van der Waals surface area contributed by atoms with Crippen LogP contribution in [0.15, 0.2) is 48.5 Å². The van der Waals surface area contributed by atoms with E-state index in [2.05, 4.69) is 5.32 Å². The van der Waals surface area contributed by atoms with Gasteiger partial charge in [-0.15, -0.1) is 0 Å². The van der Waals surface area contributed by atoms with Crippen molar-refractivity contribution in [2.75, 3.05) is 18.5 Å². The summed E-state index contributed by atoms with van der Waals surface area (Å²) in [6.07, 6.45) is 2.17. The molecule has 1 unspecified atom stereocenters. The van der Waals surface area contributed by atoms with Gasteiger partial charge < -0.3 is 15.0 Å². The largest absolute Gasteiger partial charge is 0.462 e. The Morgan fingerprint density at radius 2 is 1.85 bits per heavy atom. The summed E-state index contributed by atoms with van der Waals surface area (Å²) in [5, 5.41) is 2.84. The van der Waals surface area contributed by atoms with Crippen LogP contribution in [0.5, 0.6) is 0 Å². The minimum Gasteiger partial charge on any atom is -0.462 e. The average molecular weight is 371 g/mol. The summed E-state index contributed by atoms with van der Waals surface area (Å²) in [6, 6.07) is 13.7. The first-order chi connectivity index (χ1) is 13.1. The van der Waals surface area contributed by atoms with Crippen molar-refractivity contribution >= 4 is 17.6 Å². The van der Waals surface area contributed by atoms with Crippen molar-refractivity contribution in [2.45, 2.75) is 32.4 Å². The summed E-state index contributed by atoms with van der Waals surface area (Å²) in [5.74, 6) is -0.873. The molecule has 1 amide bonds. The highest BCUT2D eigenvalue weighted by molar-refractivity contribution is 6.01. The molecule has 6 heteroatoms. The van der Waals surface area contributed by atoms with Crippen LogP contribution < -0.4 is 10.2 Å². The van der Waals surface area contributed by atoms with Crippen LogP contribution in [0.1, 0.15) is 35.7 Å². The van der Waals surface area contributed by atoms with E-state index in [4.69, 9.17) is 4.74 Å². The molecule has 1 saturated carbocycles. The van der Waals surface area contributed by atoms with Crippen LogP contribution in [-0.2, 0) is 16.1 Å². The molecule has 0 aromatic heterocycles. The van der Waals surface area contributed by atoms with E-state index >= 15 is 0 Å². The monoisotopic (exact) mass is 371 g/mol. The number of esters is 1. The number of rotatable bonds is 8. The number of halogens is 1. The number of nitrogens with one attached hydrogen (secondary N) is 2. The molecular formula is C21H24FN2O3+. The van der Waals surface area contributed by atoms with Crippen molar-refractivity contribution in [1.29, 1.82) is 0 Å². The van der Waals surface area contributed by atoms with E-state index in [0.29, 0.717) is 30.4 Å². The molecule has 0 bridgehead atoms. The fourth-order valence-corrected chi connectivity index (χ4v) is 3.09. The van der Waals surface area contributed by atoms with Crippen molar-refractivity contribution in [3.63, 3.8) is 0 Å². The Hall–Kier alpha value is -2.73. The number of quaternary nitrogens is 1. The van der Waals surface area contributed by atoms with Gasteiger partial charge in [0.2, 0.25) is 0 Å². The number of para-hydroxylation sites is 1. The Labute approximate surface area is 158 Å². The predicted octanol–water partition coefficient (Wildman–Crippen LogP) is 2.19. The summed E-state index contributed by atoms with van der Waals surface area (Å²) in [6.45, 7) is 2.97. The van der Waals surface area contributed by atoms with Gasteiger partial charge in [0.1, 0.15) is 12.4 Å². The number of amides is 1. The van der Waals surface area contributed by atoms with E-state index in [1.165, 1.54) is 12.1 Å². The van der Waals surface area contributed by atoms with Gasteiger partial charge in [-0.05, 0) is 31.2 Å². The molecule has 1 aliphatic rings. The van der Waals surface area contributed by atoms with Gasteiger partial charge in [0.05, 0.1) is 23.9 Å². The topological polar surface area (TPSA) is 59.8 Å². The van der Waals surface area contributed by atoms with E-state index in [-0.39, 0.29) is 18.3 Å². The first-order valence-electron chi connectivity index (χ1n) is 9.22. The van der Waals surface area contributed by atoms with Gasteiger partial charge in [-0.1, -0.05) is 24.3 Å². The predicted molar refractivity (Wildman–Crippen MR) is 100.0 cm³/mol. The maximum absolute atomic E-state index is 13.1. The highest BCUT2D eigenvalue weighted by Gasteiger charge is 2.34. The van der Waals surface area contributed by atoms with E-state index in [1.807, 2.05) is 0 Å². The fourth-order valence-electron chi connectivity index (χ4n) is 3.09. The molecular weight excluding hydrogens is 347 g/mol. The lowest BCUT2D eigenvalue weighted by Crippen LogP contribution is -3.13. The van der Waals surface area contributed by atoms with E-state index in [0.717, 1.165) is 23.3 Å². The zero-order chi connectivity index (χ0) is 19.2. The second-order valence-corrected chi connectivity index (χ2v) is 6.73. The standard InChI is InChI=1S/C21H23FN2O3/c1-2-27-21(26)18-5-3-4-6-19(18)23-20(25)14-24(17-11-12-17)13-15-7-9-16(22)10-8-15/h3-10,17H,2,11-14H2,1H3,(H,23,25)/p+1. The van der Waals surface area contributed by atoms with Gasteiger partial charge in [-0.2, -0.15) is 0 Å². The summed E-state index contributed by atoms with van der Waals surface area (Å²) in [7, 11) is 0. The third-order valence-corrected chi connectivity index (χ3v) is 4.58. The molecule has 0 spiro atoms. The summed E-state index contributed by atoms with van der Waals surface area (Å²) < 4.78 is 18.1. The number of carbonyl (C=O) groups is 2. The van der Waals surface area contributed by atoms with Crippen LogP contribution in [0.4, 0.5) is 10.1 Å². The highest BCUT2D eigenvalue weighted by Crippen LogP contribution is 2.17. The van der Waals surface area contributed by atoms with Crippen molar-refractivity contribution in [2.24, 2.45) is 0 Å². The Kier molecular flexibility index (Phi) is 6.19. The summed E-state index contributed by atoms with van der Waals surface area (Å²) >= 11 is 0. The van der Waals surface area contributed by atoms with Crippen LogP contribution in [0.25, 0.3) is 0 Å². The Balaban J connectivity index is 1.65. The normalized spacial score (nSPS) is 14.4. The van der Waals surface area contributed by atoms with Crippen LogP contribution in [-0.4, -0.2) is 31.1 Å². The molecule has 0 heterocycles. The first kappa shape index (κ1) is 19.0. The first-order valence-corrected chi connectivity index (χ1v) is 9.22. The third kappa shape index (κ3) is 5.37. The molecule has 142 valence electrons. The molecule has 0 radical (unpaired) electrons. The van der Waals surface area contributed by atoms with Crippen LogP contribution in [0, 0.1) is 5.82 Å². The lowest BCUT2D eigenvalue weighted by atomic mass is 10.1. The molecule has 1 fully saturated rings. The van der Waals surface area contributed by atoms with Gasteiger partial charge >= 0.3 is 5.97 Å². The SMILES string of the molecule is CCOC(=O)c1ccccc1NC(=O)C[NH+](Cc1ccc(F)cc1)C1CC1. The lowest BCUT2D eigenvalue weighted by Gasteiger charge is -2.19. The minimum absolute atomic E-state index is 0.157. The van der Waals surface area contributed by atoms with Gasteiger partial charge in [-0.3, -0.25) is 4.79 Å². The van der Waals surface area contributed by atoms with Gasteiger partial charge in [0, 0.05) is 18.4 Å². The molecule has 3 rings (SSSR count). The smallest absolute Gasteiger partial charge is 0.340 e. The molecule has 2 aromatic rings. The number of carbonyl (C=O) groups excluding carboxylic acids is 2. The second kappa shape index (κ2) is 8.77. The van der Waals surface area contributed by atoms with Crippen LogP contribution in [0.2, 0.25) is 0 Å². The van der Waals surface area contributed by atoms with Gasteiger partial charge in [0.15, 0.2) is 6.54 Å². The molecule has 2 aromatic carbocycles. The number of benzene rings is 2. The number of anilines is 1. The molecule has 2 N–H and O–H groups in total. The molecule has 0 saturated heterocycles. The average Bonchev–Trinajstić information content (AvgIpc) is 3.49. The quantitative estimate of drug-likeness (QED) is 0.700. The van der Waals surface area contributed by atoms with Crippen LogP contribution in [0.3, 0.4) is 0 Å². The Bertz CT molecular complexity index is 803. The van der Waals surface area contributed by atoms with Crippen molar-refractivity contribution in [3.8, 4) is 0 Å². The van der Waals surface area contributed by atoms with Crippen LogP contribution >= 0.6 is 0 Å². The van der Waals surface area contributed by atoms with Crippen molar-refractivity contribution in [1.82, 2.24) is 0 Å². The number of hydrogen-bond donors (Lipinski definition) is 2. The minimum atomic E-state index is -0.453. The maximum Gasteiger partial charge on any atom is 0.340 e. The number of ether oxygens (including phenoxy) is 1. The third-order valence-electron chi connectivity index (χ3n) is 4.58. The zero-order valence-corrected chi connectivity index (χ0v) is 15.3. The molecule has 1 aliphatic carbocycles. The maximum atomic E-state index is 13.1. The Morgan fingerprint density at radius 3 is 2.52 bits per heavy atom. The van der Waals surface area contributed by atoms with E-state index < -0.39 is 5.97 Å². The highest BCUT2D eigenvalue weighted by atomic mass is 19.1. The van der Waals surface area contributed by atoms with Crippen molar-refractivity contribution < 1.29 is 23.6 Å². The zero-order valence-electron chi connectivity index (χ0n) is 15.3. The fraction of sp³-hybridized carbons (Fsp3) is 0.333. The molecule has 1 atom stereocenters. The Morgan fingerprint density at radius 1 is 1.15 bits per heavy atom. The van der Waals surface area contributed by atoms with E-state index in [1.54, 1.807) is 43.3 Å². The van der Waals surface area contributed by atoms with Gasteiger partial charge in [0.25, 0.3) is 5.91 Å². The second-order valence-electron chi connectivity index (χ2n) is 6.73. The van der Waals surface area contributed by atoms with E-state index in [9.17, 15) is 14.0 Å². The lowest BCUT2D eigenvalue weighted by molar-refractivity contribution is -0.916. The summed E-state index contributed by atoms with van der Waals surface area (Å²) in [5.41, 5.74) is 1.80. The summed E-state index contributed by atoms with van der Waals surface area (Å²) in [4.78, 5) is 25.8. The number of hydrogen-bond acceptors (Lipinski definition) is 3. The van der Waals surface area contributed by atoms with Crippen molar-refractivity contribution in [3.05, 3.63) is 65.5 Å². The molecule has 5 nitrogen and oxygen atoms in total. The van der Waals surface area contributed by atoms with Gasteiger partial charge in [-0.25, -0.2) is 9.18 Å². The molecule has 0 aliphatic heterocycles.